The molecule has 0 radical (unpaired) electrons. The molecule has 0 aliphatic carbocycles. The summed E-state index contributed by atoms with van der Waals surface area (Å²) in [5.41, 5.74) is 0. The lowest BCUT2D eigenvalue weighted by Gasteiger charge is -2.01. The van der Waals surface area contributed by atoms with Crippen LogP contribution >= 0.6 is 11.6 Å². The fourth-order valence-corrected chi connectivity index (χ4v) is 1.10. The third kappa shape index (κ3) is 2.66. The van der Waals surface area contributed by atoms with Gasteiger partial charge in [0.05, 0.1) is 6.20 Å². The highest BCUT2D eigenvalue weighted by atomic mass is 35.5. The Morgan fingerprint density at radius 3 is 2.87 bits per heavy atom. The number of nitrogens with zero attached hydrogens (tertiary/aromatic N) is 3. The van der Waals surface area contributed by atoms with E-state index in [1.165, 1.54) is 6.20 Å². The van der Waals surface area contributed by atoms with Gasteiger partial charge in [0.1, 0.15) is 10.9 Å². The molecule has 0 bridgehead atoms. The Hall–Kier alpha value is -1.62. The van der Waals surface area contributed by atoms with E-state index in [-0.39, 0.29) is 6.61 Å². The lowest BCUT2D eigenvalue weighted by atomic mass is 10.5. The van der Waals surface area contributed by atoms with Crippen LogP contribution in [0.15, 0.2) is 22.7 Å². The highest BCUT2D eigenvalue weighted by molar-refractivity contribution is 6.29. The van der Waals surface area contributed by atoms with Crippen molar-refractivity contribution in [3.8, 4) is 5.75 Å². The zero-order chi connectivity index (χ0) is 10.7. The van der Waals surface area contributed by atoms with E-state index >= 15 is 0 Å². The van der Waals surface area contributed by atoms with Gasteiger partial charge in [-0.05, 0) is 12.1 Å². The minimum absolute atomic E-state index is 0.226. The Balaban J connectivity index is 1.96. The molecular formula is C9H8ClN3O2. The zero-order valence-electron chi connectivity index (χ0n) is 7.98. The fourth-order valence-electron chi connectivity index (χ4n) is 0.989. The summed E-state index contributed by atoms with van der Waals surface area (Å²) in [6.45, 7) is 1.95. The average Bonchev–Trinajstić information content (AvgIpc) is 2.64. The van der Waals surface area contributed by atoms with Gasteiger partial charge >= 0.3 is 0 Å². The molecule has 0 N–H and O–H groups in total. The molecule has 0 fully saturated rings. The Bertz CT molecular complexity index is 441. The molecule has 0 saturated carbocycles. The molecule has 0 unspecified atom stereocenters. The van der Waals surface area contributed by atoms with Crippen LogP contribution in [0.5, 0.6) is 5.75 Å². The summed E-state index contributed by atoms with van der Waals surface area (Å²) in [7, 11) is 0. The van der Waals surface area contributed by atoms with Crippen LogP contribution in [-0.4, -0.2) is 15.2 Å². The number of pyridine rings is 1. The maximum Gasteiger partial charge on any atom is 0.253 e. The van der Waals surface area contributed by atoms with Gasteiger partial charge in [0, 0.05) is 6.92 Å². The van der Waals surface area contributed by atoms with E-state index in [0.29, 0.717) is 22.7 Å². The van der Waals surface area contributed by atoms with Gasteiger partial charge in [-0.3, -0.25) is 0 Å². The van der Waals surface area contributed by atoms with Crippen molar-refractivity contribution in [3.63, 3.8) is 0 Å². The second kappa shape index (κ2) is 4.27. The summed E-state index contributed by atoms with van der Waals surface area (Å²) in [6.07, 6.45) is 1.53. The van der Waals surface area contributed by atoms with Gasteiger partial charge < -0.3 is 9.15 Å². The molecule has 6 heteroatoms. The van der Waals surface area contributed by atoms with Crippen molar-refractivity contribution in [1.29, 1.82) is 0 Å². The molecule has 78 valence electrons. The van der Waals surface area contributed by atoms with Gasteiger partial charge in [-0.1, -0.05) is 11.6 Å². The molecule has 0 amide bonds. The number of rotatable bonds is 3. The van der Waals surface area contributed by atoms with Crippen LogP contribution in [0.1, 0.15) is 11.8 Å². The minimum Gasteiger partial charge on any atom is -0.482 e. The highest BCUT2D eigenvalue weighted by Crippen LogP contribution is 2.13. The van der Waals surface area contributed by atoms with Crippen LogP contribution in [0.3, 0.4) is 0 Å². The number of ether oxygens (including phenoxy) is 1. The van der Waals surface area contributed by atoms with Crippen molar-refractivity contribution < 1.29 is 9.15 Å². The third-order valence-electron chi connectivity index (χ3n) is 1.63. The maximum atomic E-state index is 5.62. The standard InChI is InChI=1S/C9H8ClN3O2/c1-6-12-13-9(15-6)5-14-7-2-3-8(10)11-4-7/h2-4H,5H2,1H3. The van der Waals surface area contributed by atoms with Crippen LogP contribution < -0.4 is 4.74 Å². The number of hydrogen-bond acceptors (Lipinski definition) is 5. The number of aryl methyl sites for hydroxylation is 1. The quantitative estimate of drug-likeness (QED) is 0.748. The van der Waals surface area contributed by atoms with Crippen LogP contribution in [0.2, 0.25) is 5.15 Å². The number of hydrogen-bond donors (Lipinski definition) is 0. The molecule has 0 atom stereocenters. The van der Waals surface area contributed by atoms with Crippen molar-refractivity contribution in [3.05, 3.63) is 35.3 Å². The number of halogens is 1. The van der Waals surface area contributed by atoms with Crippen LogP contribution in [0, 0.1) is 6.92 Å². The second-order valence-electron chi connectivity index (χ2n) is 2.82. The van der Waals surface area contributed by atoms with Crippen LogP contribution in [-0.2, 0) is 6.61 Å². The molecule has 2 aromatic heterocycles. The summed E-state index contributed by atoms with van der Waals surface area (Å²) in [6, 6.07) is 3.37. The van der Waals surface area contributed by atoms with Gasteiger partial charge in [-0.15, -0.1) is 10.2 Å². The first-order valence-electron chi connectivity index (χ1n) is 4.27. The van der Waals surface area contributed by atoms with Crippen LogP contribution in [0.25, 0.3) is 0 Å². The molecule has 15 heavy (non-hydrogen) atoms. The Morgan fingerprint density at radius 1 is 1.40 bits per heavy atom. The first-order valence-corrected chi connectivity index (χ1v) is 4.65. The molecule has 0 aromatic carbocycles. The maximum absolute atomic E-state index is 5.62. The van der Waals surface area contributed by atoms with E-state index in [2.05, 4.69) is 15.2 Å². The van der Waals surface area contributed by atoms with E-state index in [1.807, 2.05) is 0 Å². The molecule has 0 spiro atoms. The molecule has 0 aliphatic rings. The fraction of sp³-hybridized carbons (Fsp3) is 0.222. The Morgan fingerprint density at radius 2 is 2.27 bits per heavy atom. The molecule has 0 saturated heterocycles. The Kier molecular flexibility index (Phi) is 2.82. The molecule has 0 aliphatic heterocycles. The normalized spacial score (nSPS) is 10.3. The molecule has 2 aromatic rings. The summed E-state index contributed by atoms with van der Waals surface area (Å²) in [4.78, 5) is 3.87. The third-order valence-corrected chi connectivity index (χ3v) is 1.85. The van der Waals surface area contributed by atoms with E-state index < -0.39 is 0 Å². The summed E-state index contributed by atoms with van der Waals surface area (Å²) in [5.74, 6) is 1.56. The highest BCUT2D eigenvalue weighted by Gasteiger charge is 2.03. The van der Waals surface area contributed by atoms with Crippen molar-refractivity contribution >= 4 is 11.6 Å². The lowest BCUT2D eigenvalue weighted by Crippen LogP contribution is -1.95. The van der Waals surface area contributed by atoms with Crippen LogP contribution in [0.4, 0.5) is 0 Å². The molecular weight excluding hydrogens is 218 g/mol. The van der Waals surface area contributed by atoms with Crippen molar-refractivity contribution in [1.82, 2.24) is 15.2 Å². The van der Waals surface area contributed by atoms with Gasteiger partial charge in [0.25, 0.3) is 5.89 Å². The smallest absolute Gasteiger partial charge is 0.253 e. The first kappa shape index (κ1) is 9.92. The predicted octanol–water partition coefficient (Wildman–Crippen LogP) is 2.01. The predicted molar refractivity (Wildman–Crippen MR) is 52.6 cm³/mol. The zero-order valence-corrected chi connectivity index (χ0v) is 8.73. The van der Waals surface area contributed by atoms with E-state index in [4.69, 9.17) is 20.8 Å². The largest absolute Gasteiger partial charge is 0.482 e. The topological polar surface area (TPSA) is 61.0 Å². The second-order valence-corrected chi connectivity index (χ2v) is 3.21. The van der Waals surface area contributed by atoms with Crippen molar-refractivity contribution in [2.24, 2.45) is 0 Å². The monoisotopic (exact) mass is 225 g/mol. The van der Waals surface area contributed by atoms with Gasteiger partial charge in [-0.25, -0.2) is 4.98 Å². The van der Waals surface area contributed by atoms with Crippen molar-refractivity contribution in [2.75, 3.05) is 0 Å². The summed E-state index contributed by atoms with van der Waals surface area (Å²) >= 11 is 5.62. The van der Waals surface area contributed by atoms with Gasteiger partial charge in [-0.2, -0.15) is 0 Å². The summed E-state index contributed by atoms with van der Waals surface area (Å²) in [5, 5.41) is 7.90. The number of aromatic nitrogens is 3. The van der Waals surface area contributed by atoms with E-state index in [0.717, 1.165) is 0 Å². The Labute approximate surface area is 91.1 Å². The molecule has 2 rings (SSSR count). The van der Waals surface area contributed by atoms with Gasteiger partial charge in [0.15, 0.2) is 6.61 Å². The van der Waals surface area contributed by atoms with Gasteiger partial charge in [0.2, 0.25) is 5.89 Å². The summed E-state index contributed by atoms with van der Waals surface area (Å²) < 4.78 is 10.5. The molecule has 5 nitrogen and oxygen atoms in total. The first-order chi connectivity index (χ1) is 7.24. The SMILES string of the molecule is Cc1nnc(COc2ccc(Cl)nc2)o1. The molecule has 2 heterocycles. The van der Waals surface area contributed by atoms with E-state index in [1.54, 1.807) is 19.1 Å². The lowest BCUT2D eigenvalue weighted by molar-refractivity contribution is 0.259. The van der Waals surface area contributed by atoms with E-state index in [9.17, 15) is 0 Å². The van der Waals surface area contributed by atoms with Crippen molar-refractivity contribution in [2.45, 2.75) is 13.5 Å². The minimum atomic E-state index is 0.226. The average molecular weight is 226 g/mol.